The third-order valence-corrected chi connectivity index (χ3v) is 5.55. The number of aryl methyl sites for hydroxylation is 1. The molecule has 1 aromatic heterocycles. The van der Waals surface area contributed by atoms with Gasteiger partial charge in [-0.25, -0.2) is 0 Å². The van der Waals surface area contributed by atoms with E-state index in [1.54, 1.807) is 6.08 Å². The summed E-state index contributed by atoms with van der Waals surface area (Å²) < 4.78 is 5.75. The van der Waals surface area contributed by atoms with E-state index in [4.69, 9.17) is 10.5 Å². The molecule has 0 aliphatic rings. The Morgan fingerprint density at radius 1 is 1.07 bits per heavy atom. The summed E-state index contributed by atoms with van der Waals surface area (Å²) in [6.07, 6.45) is 3.13. The highest BCUT2D eigenvalue weighted by atomic mass is 32.1. The molecule has 148 valence electrons. The summed E-state index contributed by atoms with van der Waals surface area (Å²) in [7, 11) is 0. The van der Waals surface area contributed by atoms with E-state index in [-0.39, 0.29) is 5.91 Å². The van der Waals surface area contributed by atoms with Crippen LogP contribution < -0.4 is 15.8 Å². The Morgan fingerprint density at radius 3 is 2.41 bits per heavy atom. The average molecular weight is 407 g/mol. The Hall–Kier alpha value is -3.38. The van der Waals surface area contributed by atoms with E-state index in [1.807, 2.05) is 68.4 Å². The third-order valence-electron chi connectivity index (χ3n) is 4.42. The number of rotatable bonds is 7. The van der Waals surface area contributed by atoms with Crippen molar-refractivity contribution in [3.05, 3.63) is 87.8 Å². The first-order chi connectivity index (χ1) is 13.9. The van der Waals surface area contributed by atoms with Gasteiger partial charge < -0.3 is 15.8 Å². The van der Waals surface area contributed by atoms with Crippen LogP contribution in [0.5, 0.6) is 5.75 Å². The first kappa shape index (κ1) is 20.4. The molecule has 3 aromatic rings. The zero-order chi connectivity index (χ0) is 20.8. The molecule has 0 aliphatic carbocycles. The van der Waals surface area contributed by atoms with Gasteiger partial charge in [0.1, 0.15) is 17.4 Å². The van der Waals surface area contributed by atoms with Gasteiger partial charge in [0.15, 0.2) is 0 Å². The highest BCUT2D eigenvalue weighted by Crippen LogP contribution is 2.32. The van der Waals surface area contributed by atoms with Crippen LogP contribution in [0.25, 0.3) is 6.08 Å². The minimum atomic E-state index is -0.544. The maximum atomic E-state index is 12.2. The number of carbonyl (C=O) groups excluding carboxylic acids is 2. The van der Waals surface area contributed by atoms with Crippen LogP contribution in [0.3, 0.4) is 0 Å². The summed E-state index contributed by atoms with van der Waals surface area (Å²) in [5.74, 6) is -0.110. The molecule has 0 saturated heterocycles. The Balaban J connectivity index is 1.59. The van der Waals surface area contributed by atoms with Gasteiger partial charge in [0.05, 0.1) is 5.56 Å². The van der Waals surface area contributed by atoms with E-state index in [1.165, 1.54) is 17.4 Å². The largest absolute Gasteiger partial charge is 0.489 e. The maximum Gasteiger partial charge on any atom is 0.251 e. The van der Waals surface area contributed by atoms with E-state index < -0.39 is 5.91 Å². The second kappa shape index (κ2) is 9.21. The molecular formula is C23H22N2O3S. The van der Waals surface area contributed by atoms with Crippen LogP contribution in [0.15, 0.2) is 60.7 Å². The molecule has 5 nitrogen and oxygen atoms in total. The molecule has 0 spiro atoms. The summed E-state index contributed by atoms with van der Waals surface area (Å²) in [5.41, 5.74) is 8.56. The van der Waals surface area contributed by atoms with Crippen LogP contribution in [0.4, 0.5) is 5.00 Å². The van der Waals surface area contributed by atoms with Crippen molar-refractivity contribution in [3.63, 3.8) is 0 Å². The molecule has 0 unspecified atom stereocenters. The van der Waals surface area contributed by atoms with Gasteiger partial charge in [0.25, 0.3) is 5.91 Å². The minimum absolute atomic E-state index is 0.321. The van der Waals surface area contributed by atoms with Crippen molar-refractivity contribution in [1.82, 2.24) is 0 Å². The molecule has 2 amide bonds. The van der Waals surface area contributed by atoms with Gasteiger partial charge in [-0.15, -0.1) is 11.3 Å². The summed E-state index contributed by atoms with van der Waals surface area (Å²) in [5, 5.41) is 3.22. The molecule has 6 heteroatoms. The number of ether oxygens (including phenoxy) is 1. The van der Waals surface area contributed by atoms with Crippen molar-refractivity contribution in [1.29, 1.82) is 0 Å². The van der Waals surface area contributed by atoms with Crippen molar-refractivity contribution in [2.24, 2.45) is 5.73 Å². The summed E-state index contributed by atoms with van der Waals surface area (Å²) in [6.45, 7) is 4.21. The van der Waals surface area contributed by atoms with Crippen LogP contribution in [0.1, 0.15) is 31.9 Å². The van der Waals surface area contributed by atoms with Gasteiger partial charge in [-0.2, -0.15) is 0 Å². The highest BCUT2D eigenvalue weighted by Gasteiger charge is 2.18. The molecule has 0 atom stereocenters. The van der Waals surface area contributed by atoms with Crippen LogP contribution in [0, 0.1) is 13.8 Å². The van der Waals surface area contributed by atoms with Gasteiger partial charge in [-0.05, 0) is 48.7 Å². The lowest BCUT2D eigenvalue weighted by Crippen LogP contribution is -2.16. The van der Waals surface area contributed by atoms with E-state index in [9.17, 15) is 9.59 Å². The normalized spacial score (nSPS) is 10.8. The van der Waals surface area contributed by atoms with E-state index in [0.717, 1.165) is 27.3 Å². The topological polar surface area (TPSA) is 81.4 Å². The quantitative estimate of drug-likeness (QED) is 0.558. The van der Waals surface area contributed by atoms with Crippen LogP contribution in [0.2, 0.25) is 0 Å². The number of hydrogen-bond donors (Lipinski definition) is 2. The van der Waals surface area contributed by atoms with E-state index in [2.05, 4.69) is 5.32 Å². The van der Waals surface area contributed by atoms with E-state index >= 15 is 0 Å². The zero-order valence-corrected chi connectivity index (χ0v) is 17.1. The predicted molar refractivity (Wildman–Crippen MR) is 117 cm³/mol. The average Bonchev–Trinajstić information content (AvgIpc) is 2.99. The van der Waals surface area contributed by atoms with Crippen molar-refractivity contribution < 1.29 is 14.3 Å². The smallest absolute Gasteiger partial charge is 0.251 e. The fourth-order valence-electron chi connectivity index (χ4n) is 2.75. The second-order valence-corrected chi connectivity index (χ2v) is 7.74. The number of carbonyl (C=O) groups is 2. The van der Waals surface area contributed by atoms with Gasteiger partial charge in [0.2, 0.25) is 5.91 Å². The molecule has 0 radical (unpaired) electrons. The molecule has 0 bridgehead atoms. The van der Waals surface area contributed by atoms with Gasteiger partial charge in [0, 0.05) is 11.0 Å². The second-order valence-electron chi connectivity index (χ2n) is 6.52. The lowest BCUT2D eigenvalue weighted by Gasteiger charge is -2.06. The Labute approximate surface area is 173 Å². The number of primary amides is 1. The highest BCUT2D eigenvalue weighted by molar-refractivity contribution is 7.16. The Kier molecular flexibility index (Phi) is 6.46. The fourth-order valence-corrected chi connectivity index (χ4v) is 3.82. The number of nitrogens with one attached hydrogen (secondary N) is 1. The summed E-state index contributed by atoms with van der Waals surface area (Å²) in [6, 6.07) is 17.4. The van der Waals surface area contributed by atoms with Gasteiger partial charge in [-0.1, -0.05) is 42.5 Å². The number of hydrogen-bond acceptors (Lipinski definition) is 4. The molecule has 1 heterocycles. The van der Waals surface area contributed by atoms with Gasteiger partial charge in [-0.3, -0.25) is 9.59 Å². The molecule has 2 aromatic carbocycles. The minimum Gasteiger partial charge on any atom is -0.489 e. The molecule has 0 saturated carbocycles. The van der Waals surface area contributed by atoms with E-state index in [0.29, 0.717) is 17.2 Å². The number of thiophene rings is 1. The monoisotopic (exact) mass is 406 g/mol. The van der Waals surface area contributed by atoms with Crippen molar-refractivity contribution in [3.8, 4) is 5.75 Å². The third kappa shape index (κ3) is 5.33. The Morgan fingerprint density at radius 2 is 1.76 bits per heavy atom. The first-order valence-electron chi connectivity index (χ1n) is 9.09. The number of benzene rings is 2. The molecule has 29 heavy (non-hydrogen) atoms. The first-order valence-corrected chi connectivity index (χ1v) is 9.91. The molecule has 3 rings (SSSR count). The molecule has 0 aliphatic heterocycles. The van der Waals surface area contributed by atoms with Crippen LogP contribution >= 0.6 is 11.3 Å². The van der Waals surface area contributed by atoms with Gasteiger partial charge >= 0.3 is 0 Å². The predicted octanol–water partition coefficient (Wildman–Crippen LogP) is 4.69. The fraction of sp³-hybridized carbons (Fsp3) is 0.130. The lowest BCUT2D eigenvalue weighted by atomic mass is 10.1. The number of amides is 2. The summed E-state index contributed by atoms with van der Waals surface area (Å²) in [4.78, 5) is 24.8. The maximum absolute atomic E-state index is 12.2. The molecule has 0 fully saturated rings. The van der Waals surface area contributed by atoms with Crippen LogP contribution in [-0.4, -0.2) is 11.8 Å². The zero-order valence-electron chi connectivity index (χ0n) is 16.3. The molecule has 3 N–H and O–H groups in total. The molecular weight excluding hydrogens is 384 g/mol. The number of nitrogens with two attached hydrogens (primary N) is 1. The lowest BCUT2D eigenvalue weighted by molar-refractivity contribution is -0.111. The number of anilines is 1. The van der Waals surface area contributed by atoms with Crippen molar-refractivity contribution in [2.45, 2.75) is 20.5 Å². The standard InChI is InChI=1S/C23H22N2O3S/c1-15-16(2)29-23(21(15)22(24)27)25-20(26)13-10-17-8-11-19(12-9-17)28-14-18-6-4-3-5-7-18/h3-13H,14H2,1-2H3,(H2,24,27)(H,25,26)/b13-10+. The van der Waals surface area contributed by atoms with Crippen LogP contribution in [-0.2, 0) is 11.4 Å². The summed E-state index contributed by atoms with van der Waals surface area (Å²) >= 11 is 1.34. The van der Waals surface area contributed by atoms with Crippen molar-refractivity contribution in [2.75, 3.05) is 5.32 Å². The Bertz CT molecular complexity index is 1040. The SMILES string of the molecule is Cc1sc(NC(=O)/C=C/c2ccc(OCc3ccccc3)cc2)c(C(N)=O)c1C. The van der Waals surface area contributed by atoms with Crippen molar-refractivity contribution >= 4 is 34.2 Å².